The van der Waals surface area contributed by atoms with Crippen molar-refractivity contribution in [3.63, 3.8) is 0 Å². The van der Waals surface area contributed by atoms with Crippen molar-refractivity contribution >= 4 is 22.8 Å². The highest BCUT2D eigenvalue weighted by molar-refractivity contribution is 6.05. The normalized spacial score (nSPS) is 11.0. The number of carbonyl (C=O) groups is 1. The van der Waals surface area contributed by atoms with Crippen LogP contribution in [0.25, 0.3) is 17.0 Å². The van der Waals surface area contributed by atoms with Crippen molar-refractivity contribution in [3.05, 3.63) is 70.3 Å². The first kappa shape index (κ1) is 16.4. The van der Waals surface area contributed by atoms with E-state index in [1.165, 1.54) is 6.08 Å². The molecule has 0 fully saturated rings. The third-order valence-corrected chi connectivity index (χ3v) is 3.65. The van der Waals surface area contributed by atoms with Crippen LogP contribution < -0.4 is 15.0 Å². The second-order valence-corrected chi connectivity index (χ2v) is 5.28. The predicted molar refractivity (Wildman–Crippen MR) is 95.3 cm³/mol. The van der Waals surface area contributed by atoms with Crippen LogP contribution in [0.2, 0.25) is 0 Å². The van der Waals surface area contributed by atoms with E-state index in [1.807, 2.05) is 0 Å². The molecule has 0 spiro atoms. The van der Waals surface area contributed by atoms with Gasteiger partial charge >= 0.3 is 0 Å². The number of hydrogen-bond donors (Lipinski definition) is 1. The minimum atomic E-state index is -0.398. The van der Waals surface area contributed by atoms with Crippen LogP contribution in [0.5, 0.6) is 11.5 Å². The molecule has 0 aliphatic rings. The van der Waals surface area contributed by atoms with Gasteiger partial charge in [0.2, 0.25) is 5.78 Å². The number of fused-ring (bicyclic) bond motifs is 1. The summed E-state index contributed by atoms with van der Waals surface area (Å²) in [5.41, 5.74) is 0.865. The van der Waals surface area contributed by atoms with Gasteiger partial charge in [-0.1, -0.05) is 18.2 Å². The molecule has 0 amide bonds. The Morgan fingerprint density at radius 1 is 1.08 bits per heavy atom. The van der Waals surface area contributed by atoms with Gasteiger partial charge in [0.05, 0.1) is 25.1 Å². The second-order valence-electron chi connectivity index (χ2n) is 5.28. The zero-order valence-electron chi connectivity index (χ0n) is 13.8. The number of allylic oxidation sites excluding steroid dienone is 1. The van der Waals surface area contributed by atoms with E-state index in [-0.39, 0.29) is 11.4 Å². The minimum absolute atomic E-state index is 0.00480. The first-order valence-electron chi connectivity index (χ1n) is 7.55. The summed E-state index contributed by atoms with van der Waals surface area (Å²) in [6.07, 6.45) is 2.96. The molecule has 0 unspecified atom stereocenters. The standard InChI is InChI=1S/C19H16N2O4/c1-24-13-9-12(10-14(11-13)25-2)7-8-17(22)18-20-16-6-4-3-5-15(16)19(23)21-18/h3-11H,1-2H3,(H,20,21,23)/b8-7+. The van der Waals surface area contributed by atoms with Gasteiger partial charge in [-0.2, -0.15) is 0 Å². The molecule has 1 heterocycles. The van der Waals surface area contributed by atoms with Crippen LogP contribution in [0, 0.1) is 0 Å². The SMILES string of the molecule is COc1cc(/C=C/C(=O)c2nc3ccccc3c(=O)[nH]2)cc(OC)c1. The Bertz CT molecular complexity index is 999. The Labute approximate surface area is 143 Å². The monoisotopic (exact) mass is 336 g/mol. The number of rotatable bonds is 5. The molecule has 126 valence electrons. The number of H-pyrrole nitrogens is 1. The van der Waals surface area contributed by atoms with E-state index in [4.69, 9.17) is 9.47 Å². The van der Waals surface area contributed by atoms with Crippen molar-refractivity contribution in [2.24, 2.45) is 0 Å². The molecule has 6 nitrogen and oxygen atoms in total. The molecule has 0 aliphatic heterocycles. The molecule has 3 rings (SSSR count). The number of nitrogens with one attached hydrogen (secondary N) is 1. The molecule has 3 aromatic rings. The number of ether oxygens (including phenoxy) is 2. The molecular weight excluding hydrogens is 320 g/mol. The number of methoxy groups -OCH3 is 2. The molecule has 2 aromatic carbocycles. The number of aromatic nitrogens is 2. The zero-order chi connectivity index (χ0) is 17.8. The summed E-state index contributed by atoms with van der Waals surface area (Å²) in [6.45, 7) is 0. The van der Waals surface area contributed by atoms with Crippen molar-refractivity contribution in [3.8, 4) is 11.5 Å². The Morgan fingerprint density at radius 2 is 1.76 bits per heavy atom. The van der Waals surface area contributed by atoms with E-state index >= 15 is 0 Å². The predicted octanol–water partition coefficient (Wildman–Crippen LogP) is 2.84. The van der Waals surface area contributed by atoms with E-state index < -0.39 is 5.78 Å². The van der Waals surface area contributed by atoms with Gasteiger partial charge in [-0.15, -0.1) is 0 Å². The van der Waals surface area contributed by atoms with Gasteiger partial charge in [-0.25, -0.2) is 4.98 Å². The second kappa shape index (κ2) is 7.00. The lowest BCUT2D eigenvalue weighted by Crippen LogP contribution is -2.14. The molecule has 0 bridgehead atoms. The molecule has 0 radical (unpaired) electrons. The zero-order valence-corrected chi connectivity index (χ0v) is 13.8. The highest BCUT2D eigenvalue weighted by Crippen LogP contribution is 2.23. The number of hydrogen-bond acceptors (Lipinski definition) is 5. The van der Waals surface area contributed by atoms with E-state index in [0.29, 0.717) is 22.4 Å². The highest BCUT2D eigenvalue weighted by Gasteiger charge is 2.09. The summed E-state index contributed by atoms with van der Waals surface area (Å²) < 4.78 is 10.4. The molecule has 1 aromatic heterocycles. The molecule has 0 aliphatic carbocycles. The van der Waals surface area contributed by atoms with Gasteiger partial charge in [0.25, 0.3) is 5.56 Å². The van der Waals surface area contributed by atoms with E-state index in [9.17, 15) is 9.59 Å². The summed E-state index contributed by atoms with van der Waals surface area (Å²) >= 11 is 0. The summed E-state index contributed by atoms with van der Waals surface area (Å²) in [5.74, 6) is 0.826. The van der Waals surface area contributed by atoms with Crippen LogP contribution in [-0.4, -0.2) is 30.0 Å². The van der Waals surface area contributed by atoms with Gasteiger partial charge in [-0.3, -0.25) is 9.59 Å². The molecule has 25 heavy (non-hydrogen) atoms. The lowest BCUT2D eigenvalue weighted by Gasteiger charge is -2.05. The maximum atomic E-state index is 12.3. The summed E-state index contributed by atoms with van der Waals surface area (Å²) in [5, 5.41) is 0.445. The fraction of sp³-hybridized carbons (Fsp3) is 0.105. The van der Waals surface area contributed by atoms with Gasteiger partial charge in [0, 0.05) is 6.07 Å². The topological polar surface area (TPSA) is 81.3 Å². The quantitative estimate of drug-likeness (QED) is 0.572. The average molecular weight is 336 g/mol. The molecule has 6 heteroatoms. The third-order valence-electron chi connectivity index (χ3n) is 3.65. The first-order valence-corrected chi connectivity index (χ1v) is 7.55. The number of carbonyl (C=O) groups excluding carboxylic acids is 1. The smallest absolute Gasteiger partial charge is 0.259 e. The Hall–Kier alpha value is -3.41. The van der Waals surface area contributed by atoms with Crippen LogP contribution >= 0.6 is 0 Å². The van der Waals surface area contributed by atoms with Crippen LogP contribution in [0.15, 0.2) is 53.3 Å². The van der Waals surface area contributed by atoms with Crippen LogP contribution in [-0.2, 0) is 0 Å². The fourth-order valence-electron chi connectivity index (χ4n) is 2.38. The van der Waals surface area contributed by atoms with Crippen molar-refractivity contribution in [2.45, 2.75) is 0 Å². The van der Waals surface area contributed by atoms with Gasteiger partial charge < -0.3 is 14.5 Å². The molecule has 0 atom stereocenters. The van der Waals surface area contributed by atoms with Crippen molar-refractivity contribution in [1.82, 2.24) is 9.97 Å². The van der Waals surface area contributed by atoms with Crippen molar-refractivity contribution < 1.29 is 14.3 Å². The Morgan fingerprint density at radius 3 is 2.44 bits per heavy atom. The Balaban J connectivity index is 1.92. The maximum Gasteiger partial charge on any atom is 0.259 e. The number of nitrogens with zero attached hydrogens (tertiary/aromatic N) is 1. The van der Waals surface area contributed by atoms with Crippen molar-refractivity contribution in [2.75, 3.05) is 14.2 Å². The molecule has 0 saturated heterocycles. The van der Waals surface area contributed by atoms with Crippen LogP contribution in [0.3, 0.4) is 0 Å². The lowest BCUT2D eigenvalue weighted by atomic mass is 10.1. The van der Waals surface area contributed by atoms with Crippen LogP contribution in [0.1, 0.15) is 16.2 Å². The summed E-state index contributed by atoms with van der Waals surface area (Å²) in [4.78, 5) is 31.1. The van der Waals surface area contributed by atoms with Crippen molar-refractivity contribution in [1.29, 1.82) is 0 Å². The minimum Gasteiger partial charge on any atom is -0.497 e. The third kappa shape index (κ3) is 3.58. The van der Waals surface area contributed by atoms with E-state index in [0.717, 1.165) is 5.56 Å². The molecule has 0 saturated carbocycles. The summed E-state index contributed by atoms with van der Waals surface area (Å²) in [7, 11) is 3.11. The Kier molecular flexibility index (Phi) is 4.61. The van der Waals surface area contributed by atoms with E-state index in [1.54, 1.807) is 62.8 Å². The highest BCUT2D eigenvalue weighted by atomic mass is 16.5. The molecular formula is C19H16N2O4. The number of benzene rings is 2. The van der Waals surface area contributed by atoms with Gasteiger partial charge in [0.1, 0.15) is 11.5 Å². The summed E-state index contributed by atoms with van der Waals surface area (Å²) in [6, 6.07) is 12.1. The van der Waals surface area contributed by atoms with Gasteiger partial charge in [-0.05, 0) is 35.9 Å². The lowest BCUT2D eigenvalue weighted by molar-refractivity contribution is 0.103. The van der Waals surface area contributed by atoms with Gasteiger partial charge in [0.15, 0.2) is 5.82 Å². The molecule has 1 N–H and O–H groups in total. The largest absolute Gasteiger partial charge is 0.497 e. The number of aromatic amines is 1. The average Bonchev–Trinajstić information content (AvgIpc) is 2.65. The first-order chi connectivity index (χ1) is 12.1. The maximum absolute atomic E-state index is 12.3. The number of ketones is 1. The number of para-hydroxylation sites is 1. The van der Waals surface area contributed by atoms with E-state index in [2.05, 4.69) is 9.97 Å². The fourth-order valence-corrected chi connectivity index (χ4v) is 2.38. The van der Waals surface area contributed by atoms with Crippen LogP contribution in [0.4, 0.5) is 0 Å².